The number of carbonyl (C=O) groups is 1. The predicted octanol–water partition coefficient (Wildman–Crippen LogP) is 2.89. The normalized spacial score (nSPS) is 14.6. The van der Waals surface area contributed by atoms with Crippen LogP contribution in [0.25, 0.3) is 21.9 Å². The van der Waals surface area contributed by atoms with Gasteiger partial charge in [0, 0.05) is 22.1 Å². The van der Waals surface area contributed by atoms with Gasteiger partial charge in [0.25, 0.3) is 11.5 Å². The van der Waals surface area contributed by atoms with Crippen molar-refractivity contribution in [3.05, 3.63) is 55.3 Å². The van der Waals surface area contributed by atoms with Crippen molar-refractivity contribution in [2.75, 3.05) is 32.8 Å². The van der Waals surface area contributed by atoms with Gasteiger partial charge in [-0.3, -0.25) is 9.59 Å². The predicted molar refractivity (Wildman–Crippen MR) is 132 cm³/mol. The Kier molecular flexibility index (Phi) is 5.53. The Labute approximate surface area is 206 Å². The Morgan fingerprint density at radius 1 is 1.03 bits per heavy atom. The van der Waals surface area contributed by atoms with Crippen molar-refractivity contribution in [3.63, 3.8) is 0 Å². The van der Waals surface area contributed by atoms with Crippen molar-refractivity contribution in [3.8, 4) is 28.6 Å². The van der Waals surface area contributed by atoms with Crippen LogP contribution in [0.5, 0.6) is 17.2 Å². The number of fused-ring (bicyclic) bond motifs is 2. The third-order valence-electron chi connectivity index (χ3n) is 5.60. The molecule has 1 aliphatic heterocycles. The second-order valence-electron chi connectivity index (χ2n) is 7.37. The van der Waals surface area contributed by atoms with E-state index in [1.165, 1.54) is 25.8 Å². The quantitative estimate of drug-likeness (QED) is 0.382. The zero-order valence-corrected chi connectivity index (χ0v) is 21.1. The number of hydrogen-bond donors (Lipinski definition) is 0. The summed E-state index contributed by atoms with van der Waals surface area (Å²) >= 11 is 4.60. The number of benzene rings is 2. The van der Waals surface area contributed by atoms with Crippen molar-refractivity contribution in [2.45, 2.75) is 6.92 Å². The molecule has 4 aromatic rings. The molecule has 0 spiro atoms. The van der Waals surface area contributed by atoms with Gasteiger partial charge in [-0.15, -0.1) is 5.10 Å². The maximum absolute atomic E-state index is 13.3. The summed E-state index contributed by atoms with van der Waals surface area (Å²) in [5.74, 6) is 1.47. The molecule has 0 saturated carbocycles. The number of hydrogen-bond acceptors (Lipinski definition) is 8. The van der Waals surface area contributed by atoms with E-state index in [4.69, 9.17) is 14.2 Å². The standard InChI is InChI=1S/C23H19BrN4O5S/c1-5-27-14-7-6-12(24)10-13(14)17(21(27)29)19-22(30)28-23(34-19)25-20(26-28)11-8-15(31-2)18(33-4)16(9-11)32-3/h6-10H,5H2,1-4H3. The summed E-state index contributed by atoms with van der Waals surface area (Å²) in [6.45, 7) is 2.40. The van der Waals surface area contributed by atoms with E-state index in [1.807, 2.05) is 25.1 Å². The molecule has 174 valence electrons. The average molecular weight is 543 g/mol. The van der Waals surface area contributed by atoms with Crippen LogP contribution in [0.4, 0.5) is 5.69 Å². The number of methoxy groups -OCH3 is 3. The Morgan fingerprint density at radius 3 is 2.32 bits per heavy atom. The zero-order chi connectivity index (χ0) is 24.1. The SMILES string of the molecule is CCN1C(=O)C(=c2sc3nc(-c4cc(OC)c(OC)c(OC)c4)nn3c2=O)c2cc(Br)ccc21. The average Bonchev–Trinajstić information content (AvgIpc) is 3.47. The lowest BCUT2D eigenvalue weighted by molar-refractivity contribution is -0.113. The van der Waals surface area contributed by atoms with Gasteiger partial charge in [0.2, 0.25) is 10.7 Å². The highest BCUT2D eigenvalue weighted by atomic mass is 79.9. The fraction of sp³-hybridized carbons (Fsp3) is 0.217. The van der Waals surface area contributed by atoms with E-state index in [1.54, 1.807) is 17.0 Å². The summed E-state index contributed by atoms with van der Waals surface area (Å²) in [4.78, 5) is 33.1. The van der Waals surface area contributed by atoms with Crippen LogP contribution < -0.4 is 29.2 Å². The lowest BCUT2D eigenvalue weighted by Crippen LogP contribution is -2.32. The van der Waals surface area contributed by atoms with E-state index >= 15 is 0 Å². The fourth-order valence-corrected chi connectivity index (χ4v) is 5.41. The number of likely N-dealkylation sites (N-methyl/N-ethyl adjacent to an activating group) is 1. The summed E-state index contributed by atoms with van der Waals surface area (Å²) in [6.07, 6.45) is 0. The van der Waals surface area contributed by atoms with Gasteiger partial charge in [-0.25, -0.2) is 0 Å². The first-order valence-corrected chi connectivity index (χ1v) is 11.9. The first-order chi connectivity index (χ1) is 16.4. The molecule has 2 aromatic carbocycles. The molecule has 0 atom stereocenters. The molecule has 0 N–H and O–H groups in total. The van der Waals surface area contributed by atoms with E-state index in [2.05, 4.69) is 26.0 Å². The number of aromatic nitrogens is 3. The van der Waals surface area contributed by atoms with Gasteiger partial charge in [-0.1, -0.05) is 27.3 Å². The van der Waals surface area contributed by atoms with Gasteiger partial charge in [0.15, 0.2) is 17.3 Å². The highest BCUT2D eigenvalue weighted by Gasteiger charge is 2.33. The maximum atomic E-state index is 13.3. The summed E-state index contributed by atoms with van der Waals surface area (Å²) in [5.41, 5.74) is 2.07. The fourth-order valence-electron chi connectivity index (χ4n) is 4.05. The molecule has 11 heteroatoms. The molecule has 0 aliphatic carbocycles. The maximum Gasteiger partial charge on any atom is 0.291 e. The van der Waals surface area contributed by atoms with Gasteiger partial charge >= 0.3 is 0 Å². The minimum Gasteiger partial charge on any atom is -0.493 e. The van der Waals surface area contributed by atoms with Gasteiger partial charge in [-0.05, 0) is 37.3 Å². The monoisotopic (exact) mass is 542 g/mol. The Morgan fingerprint density at radius 2 is 1.74 bits per heavy atom. The second-order valence-corrected chi connectivity index (χ2v) is 9.26. The number of anilines is 1. The van der Waals surface area contributed by atoms with Gasteiger partial charge < -0.3 is 19.1 Å². The number of amides is 1. The molecule has 0 saturated heterocycles. The number of rotatable bonds is 5. The first-order valence-electron chi connectivity index (χ1n) is 10.3. The number of carbonyl (C=O) groups excluding carboxylic acids is 1. The lowest BCUT2D eigenvalue weighted by Gasteiger charge is -2.13. The molecular weight excluding hydrogens is 524 g/mol. The topological polar surface area (TPSA) is 95.3 Å². The smallest absolute Gasteiger partial charge is 0.291 e. The van der Waals surface area contributed by atoms with Crippen LogP contribution in [0.2, 0.25) is 0 Å². The first kappa shape index (κ1) is 22.4. The molecule has 1 amide bonds. The molecule has 0 bridgehead atoms. The van der Waals surface area contributed by atoms with Crippen molar-refractivity contribution in [1.82, 2.24) is 14.6 Å². The number of nitrogens with zero attached hydrogens (tertiary/aromatic N) is 4. The number of ether oxygens (including phenoxy) is 3. The van der Waals surface area contributed by atoms with Crippen LogP contribution in [0.3, 0.4) is 0 Å². The molecule has 0 radical (unpaired) electrons. The molecule has 2 aromatic heterocycles. The van der Waals surface area contributed by atoms with E-state index in [9.17, 15) is 9.59 Å². The van der Waals surface area contributed by atoms with Crippen molar-refractivity contribution < 1.29 is 19.0 Å². The molecule has 9 nitrogen and oxygen atoms in total. The second kappa shape index (κ2) is 8.41. The summed E-state index contributed by atoms with van der Waals surface area (Å²) < 4.78 is 18.5. The van der Waals surface area contributed by atoms with Crippen LogP contribution in [-0.4, -0.2) is 48.4 Å². The summed E-state index contributed by atoms with van der Waals surface area (Å²) in [5, 5.41) is 4.42. The Balaban J connectivity index is 1.70. The molecular formula is C23H19BrN4O5S. The Bertz CT molecular complexity index is 1550. The third-order valence-corrected chi connectivity index (χ3v) is 7.12. The van der Waals surface area contributed by atoms with E-state index in [0.29, 0.717) is 55.8 Å². The highest BCUT2D eigenvalue weighted by molar-refractivity contribution is 9.10. The zero-order valence-electron chi connectivity index (χ0n) is 18.7. The molecule has 0 fully saturated rings. The van der Waals surface area contributed by atoms with Crippen molar-refractivity contribution >= 4 is 49.4 Å². The molecule has 5 rings (SSSR count). The highest BCUT2D eigenvalue weighted by Crippen LogP contribution is 2.41. The van der Waals surface area contributed by atoms with Crippen LogP contribution >= 0.6 is 27.3 Å². The van der Waals surface area contributed by atoms with Crippen molar-refractivity contribution in [2.24, 2.45) is 0 Å². The summed E-state index contributed by atoms with van der Waals surface area (Å²) in [7, 11) is 4.57. The van der Waals surface area contributed by atoms with Crippen LogP contribution in [0.15, 0.2) is 39.6 Å². The molecule has 0 unspecified atom stereocenters. The number of halogens is 1. The third kappa shape index (κ3) is 3.26. The minimum atomic E-state index is -0.390. The Hall–Kier alpha value is -3.44. The van der Waals surface area contributed by atoms with Gasteiger partial charge in [0.05, 0.1) is 32.6 Å². The van der Waals surface area contributed by atoms with Crippen LogP contribution in [0, 0.1) is 0 Å². The van der Waals surface area contributed by atoms with E-state index < -0.39 is 5.56 Å². The largest absolute Gasteiger partial charge is 0.493 e. The van der Waals surface area contributed by atoms with Crippen LogP contribution in [0.1, 0.15) is 12.5 Å². The van der Waals surface area contributed by atoms with E-state index in [-0.39, 0.29) is 5.91 Å². The van der Waals surface area contributed by atoms with Gasteiger partial charge in [-0.2, -0.15) is 9.50 Å². The molecule has 34 heavy (non-hydrogen) atoms. The lowest BCUT2D eigenvalue weighted by atomic mass is 10.1. The molecule has 3 heterocycles. The van der Waals surface area contributed by atoms with Crippen molar-refractivity contribution in [1.29, 1.82) is 0 Å². The van der Waals surface area contributed by atoms with Crippen LogP contribution in [-0.2, 0) is 4.79 Å². The minimum absolute atomic E-state index is 0.206. The number of thiazole rings is 1. The van der Waals surface area contributed by atoms with Gasteiger partial charge in [0.1, 0.15) is 4.53 Å². The van der Waals surface area contributed by atoms with E-state index in [0.717, 1.165) is 21.5 Å². The molecule has 1 aliphatic rings. The summed E-state index contributed by atoms with van der Waals surface area (Å²) in [6, 6.07) is 9.04.